The molecule has 0 aromatic heterocycles. The van der Waals surface area contributed by atoms with Crippen molar-refractivity contribution in [2.45, 2.75) is 32.1 Å². The summed E-state index contributed by atoms with van der Waals surface area (Å²) < 4.78 is 0. The number of hydrogen-bond donors (Lipinski definition) is 0. The molecular weight excluding hydrogens is 304 g/mol. The maximum atomic E-state index is 13.3. The number of rotatable bonds is 6. The summed E-state index contributed by atoms with van der Waals surface area (Å²) in [6.07, 6.45) is 1.10. The molecule has 0 heterocycles. The Morgan fingerprint density at radius 1 is 0.720 bits per heavy atom. The Bertz CT molecular complexity index is 764. The van der Waals surface area contributed by atoms with E-state index in [1.54, 1.807) is 0 Å². The molecule has 1 unspecified atom stereocenters. The lowest BCUT2D eigenvalue weighted by Crippen LogP contribution is -2.14. The monoisotopic (exact) mass is 328 g/mol. The van der Waals surface area contributed by atoms with E-state index < -0.39 is 0 Å². The molecule has 126 valence electrons. The average molecular weight is 328 g/mol. The Morgan fingerprint density at radius 3 is 1.64 bits per heavy atom. The van der Waals surface area contributed by atoms with Gasteiger partial charge in [0.2, 0.25) is 0 Å². The molecule has 1 heteroatoms. The standard InChI is InChI=1S/C24H24O/c1-3-18(2)19-14-16-22(17-15-19)24(25)23(20-10-6-4-7-11-20)21-12-8-5-9-13-21/h4-18,23H,3H2,1-2H3. The second kappa shape index (κ2) is 7.94. The van der Waals surface area contributed by atoms with Crippen LogP contribution in [0.2, 0.25) is 0 Å². The number of carbonyl (C=O) groups excluding carboxylic acids is 1. The first kappa shape index (κ1) is 17.2. The Labute approximate surface area is 150 Å². The highest BCUT2D eigenvalue weighted by Gasteiger charge is 2.23. The van der Waals surface area contributed by atoms with E-state index in [9.17, 15) is 4.79 Å². The zero-order valence-corrected chi connectivity index (χ0v) is 14.9. The van der Waals surface area contributed by atoms with Crippen LogP contribution in [0, 0.1) is 0 Å². The van der Waals surface area contributed by atoms with Gasteiger partial charge in [-0.2, -0.15) is 0 Å². The Hall–Kier alpha value is -2.67. The van der Waals surface area contributed by atoms with Crippen LogP contribution in [0.4, 0.5) is 0 Å². The zero-order chi connectivity index (χ0) is 17.6. The van der Waals surface area contributed by atoms with E-state index in [0.717, 1.165) is 23.1 Å². The minimum Gasteiger partial charge on any atom is -0.293 e. The number of hydrogen-bond acceptors (Lipinski definition) is 1. The molecule has 0 fully saturated rings. The van der Waals surface area contributed by atoms with Crippen LogP contribution in [0.3, 0.4) is 0 Å². The van der Waals surface area contributed by atoms with Crippen LogP contribution >= 0.6 is 0 Å². The molecule has 25 heavy (non-hydrogen) atoms. The van der Waals surface area contributed by atoms with Crippen molar-refractivity contribution < 1.29 is 4.79 Å². The van der Waals surface area contributed by atoms with Crippen LogP contribution in [0.5, 0.6) is 0 Å². The van der Waals surface area contributed by atoms with Crippen LogP contribution in [-0.2, 0) is 0 Å². The molecule has 0 aliphatic carbocycles. The van der Waals surface area contributed by atoms with Gasteiger partial charge in [-0.3, -0.25) is 4.79 Å². The second-order valence-electron chi connectivity index (χ2n) is 6.55. The van der Waals surface area contributed by atoms with E-state index in [2.05, 4.69) is 26.0 Å². The van der Waals surface area contributed by atoms with Crippen molar-refractivity contribution in [1.82, 2.24) is 0 Å². The maximum Gasteiger partial charge on any atom is 0.174 e. The van der Waals surface area contributed by atoms with Gasteiger partial charge in [0.1, 0.15) is 0 Å². The summed E-state index contributed by atoms with van der Waals surface area (Å²) in [5.74, 6) is 0.396. The van der Waals surface area contributed by atoms with Gasteiger partial charge in [-0.25, -0.2) is 0 Å². The normalized spacial score (nSPS) is 12.1. The highest BCUT2D eigenvalue weighted by atomic mass is 16.1. The van der Waals surface area contributed by atoms with Gasteiger partial charge in [-0.05, 0) is 29.0 Å². The first-order chi connectivity index (χ1) is 12.2. The average Bonchev–Trinajstić information content (AvgIpc) is 2.69. The van der Waals surface area contributed by atoms with Gasteiger partial charge in [0.25, 0.3) is 0 Å². The topological polar surface area (TPSA) is 17.1 Å². The SMILES string of the molecule is CCC(C)c1ccc(C(=O)C(c2ccccc2)c2ccccc2)cc1. The van der Waals surface area contributed by atoms with E-state index in [1.165, 1.54) is 5.56 Å². The van der Waals surface area contributed by atoms with Crippen LogP contribution in [0.1, 0.15) is 59.2 Å². The lowest BCUT2D eigenvalue weighted by atomic mass is 9.84. The quantitative estimate of drug-likeness (QED) is 0.491. The number of Topliss-reactive ketones (excluding diaryl/α,β-unsaturated/α-hetero) is 1. The third-order valence-electron chi connectivity index (χ3n) is 4.90. The van der Waals surface area contributed by atoms with E-state index in [0.29, 0.717) is 5.92 Å². The van der Waals surface area contributed by atoms with Crippen molar-refractivity contribution in [2.75, 3.05) is 0 Å². The highest BCUT2D eigenvalue weighted by molar-refractivity contribution is 6.03. The number of carbonyl (C=O) groups is 1. The van der Waals surface area contributed by atoms with Gasteiger partial charge >= 0.3 is 0 Å². The van der Waals surface area contributed by atoms with Crippen LogP contribution in [0.25, 0.3) is 0 Å². The first-order valence-electron chi connectivity index (χ1n) is 8.94. The molecule has 0 spiro atoms. The van der Waals surface area contributed by atoms with Crippen LogP contribution in [-0.4, -0.2) is 5.78 Å². The third-order valence-corrected chi connectivity index (χ3v) is 4.90. The summed E-state index contributed by atoms with van der Waals surface area (Å²) >= 11 is 0. The van der Waals surface area contributed by atoms with Gasteiger partial charge in [0, 0.05) is 5.56 Å². The lowest BCUT2D eigenvalue weighted by Gasteiger charge is -2.18. The van der Waals surface area contributed by atoms with Crippen molar-refractivity contribution >= 4 is 5.78 Å². The summed E-state index contributed by atoms with van der Waals surface area (Å²) in [5, 5.41) is 0. The Kier molecular flexibility index (Phi) is 5.45. The molecule has 0 saturated carbocycles. The van der Waals surface area contributed by atoms with E-state index >= 15 is 0 Å². The second-order valence-corrected chi connectivity index (χ2v) is 6.55. The van der Waals surface area contributed by atoms with Crippen LogP contribution in [0.15, 0.2) is 84.9 Å². The number of benzene rings is 3. The van der Waals surface area contributed by atoms with Crippen LogP contribution < -0.4 is 0 Å². The summed E-state index contributed by atoms with van der Waals surface area (Å²) in [7, 11) is 0. The molecule has 3 rings (SSSR count). The number of ketones is 1. The van der Waals surface area contributed by atoms with Crippen molar-refractivity contribution in [3.63, 3.8) is 0 Å². The van der Waals surface area contributed by atoms with Gasteiger partial charge < -0.3 is 0 Å². The smallest absolute Gasteiger partial charge is 0.174 e. The van der Waals surface area contributed by atoms with E-state index in [1.807, 2.05) is 72.8 Å². The third kappa shape index (κ3) is 3.88. The molecule has 3 aromatic carbocycles. The summed E-state index contributed by atoms with van der Waals surface area (Å²) in [6.45, 7) is 4.40. The Balaban J connectivity index is 1.97. The molecule has 1 atom stereocenters. The Morgan fingerprint density at radius 2 is 1.20 bits per heavy atom. The fraction of sp³-hybridized carbons (Fsp3) is 0.208. The summed E-state index contributed by atoms with van der Waals surface area (Å²) in [4.78, 5) is 13.3. The molecule has 0 aliphatic rings. The summed E-state index contributed by atoms with van der Waals surface area (Å²) in [6, 6.07) is 28.2. The van der Waals surface area contributed by atoms with Crippen molar-refractivity contribution in [3.05, 3.63) is 107 Å². The van der Waals surface area contributed by atoms with Crippen molar-refractivity contribution in [3.8, 4) is 0 Å². The maximum absolute atomic E-state index is 13.3. The molecule has 0 N–H and O–H groups in total. The molecule has 0 amide bonds. The lowest BCUT2D eigenvalue weighted by molar-refractivity contribution is 0.0974. The first-order valence-corrected chi connectivity index (χ1v) is 8.94. The van der Waals surface area contributed by atoms with Gasteiger partial charge in [0.05, 0.1) is 5.92 Å². The fourth-order valence-electron chi connectivity index (χ4n) is 3.16. The van der Waals surface area contributed by atoms with Crippen molar-refractivity contribution in [2.24, 2.45) is 0 Å². The molecule has 0 aliphatic heterocycles. The fourth-order valence-corrected chi connectivity index (χ4v) is 3.16. The summed E-state index contributed by atoms with van der Waals surface area (Å²) in [5.41, 5.74) is 4.12. The molecule has 0 radical (unpaired) electrons. The minimum atomic E-state index is -0.267. The minimum absolute atomic E-state index is 0.146. The van der Waals surface area contributed by atoms with E-state index in [-0.39, 0.29) is 11.7 Å². The predicted molar refractivity (Wildman–Crippen MR) is 104 cm³/mol. The predicted octanol–water partition coefficient (Wildman–Crippen LogP) is 6.21. The zero-order valence-electron chi connectivity index (χ0n) is 14.9. The van der Waals surface area contributed by atoms with E-state index in [4.69, 9.17) is 0 Å². The highest BCUT2D eigenvalue weighted by Crippen LogP contribution is 2.29. The van der Waals surface area contributed by atoms with Gasteiger partial charge in [0.15, 0.2) is 5.78 Å². The van der Waals surface area contributed by atoms with Gasteiger partial charge in [-0.15, -0.1) is 0 Å². The molecule has 0 saturated heterocycles. The van der Waals surface area contributed by atoms with Gasteiger partial charge in [-0.1, -0.05) is 98.8 Å². The molecular formula is C24H24O. The molecule has 0 bridgehead atoms. The molecule has 3 aromatic rings. The molecule has 1 nitrogen and oxygen atoms in total. The van der Waals surface area contributed by atoms with Crippen molar-refractivity contribution in [1.29, 1.82) is 0 Å². The largest absolute Gasteiger partial charge is 0.293 e.